The van der Waals surface area contributed by atoms with Crippen molar-refractivity contribution >= 4 is 58.3 Å². The summed E-state index contributed by atoms with van der Waals surface area (Å²) in [5, 5.41) is 8.10. The third-order valence-electron chi connectivity index (χ3n) is 4.25. The quantitative estimate of drug-likeness (QED) is 0.550. The van der Waals surface area contributed by atoms with Gasteiger partial charge in [-0.3, -0.25) is 14.9 Å². The maximum atomic E-state index is 12.6. The number of ether oxygens (including phenoxy) is 2. The normalized spacial score (nSPS) is 15.3. The summed E-state index contributed by atoms with van der Waals surface area (Å²) in [4.78, 5) is 38.0. The van der Waals surface area contributed by atoms with Crippen molar-refractivity contribution in [2.24, 2.45) is 0 Å². The standard InChI is InChI=1S/C22H24ClN3O5S/c1-22(2,3)31-21(29)26-14-10-13(6-7-16(14)30-4)24-19(27)11-18-20(28)25-15-9-12(23)5-8-17(15)32-18/h5-10,18H,11H2,1-4H3,(H,24,27)(H,25,28)(H,26,29). The van der Waals surface area contributed by atoms with Gasteiger partial charge in [0.05, 0.1) is 23.7 Å². The predicted octanol–water partition coefficient (Wildman–Crippen LogP) is 5.14. The minimum atomic E-state index is -0.661. The van der Waals surface area contributed by atoms with E-state index < -0.39 is 16.9 Å². The molecule has 0 fully saturated rings. The predicted molar refractivity (Wildman–Crippen MR) is 126 cm³/mol. The molecule has 0 spiro atoms. The summed E-state index contributed by atoms with van der Waals surface area (Å²) in [5.74, 6) is -0.197. The van der Waals surface area contributed by atoms with Crippen molar-refractivity contribution < 1.29 is 23.9 Å². The SMILES string of the molecule is COc1ccc(NC(=O)CC2Sc3ccc(Cl)cc3NC2=O)cc1NC(=O)OC(C)(C)C. The highest BCUT2D eigenvalue weighted by Crippen LogP contribution is 2.38. The van der Waals surface area contributed by atoms with Gasteiger partial charge in [-0.15, -0.1) is 11.8 Å². The molecule has 1 aliphatic rings. The number of anilines is 3. The molecule has 0 saturated heterocycles. The molecule has 0 saturated carbocycles. The minimum absolute atomic E-state index is 0.0283. The Balaban J connectivity index is 1.66. The number of fused-ring (bicyclic) bond motifs is 1. The van der Waals surface area contributed by atoms with Crippen molar-refractivity contribution in [3.8, 4) is 5.75 Å². The van der Waals surface area contributed by atoms with Crippen LogP contribution in [0.15, 0.2) is 41.3 Å². The first-order valence-corrected chi connectivity index (χ1v) is 11.0. The smallest absolute Gasteiger partial charge is 0.412 e. The maximum absolute atomic E-state index is 12.6. The topological polar surface area (TPSA) is 106 Å². The van der Waals surface area contributed by atoms with Gasteiger partial charge in [-0.05, 0) is 57.2 Å². The molecule has 3 N–H and O–H groups in total. The van der Waals surface area contributed by atoms with Crippen molar-refractivity contribution in [1.82, 2.24) is 0 Å². The second-order valence-corrected chi connectivity index (χ2v) is 9.71. The highest BCUT2D eigenvalue weighted by Gasteiger charge is 2.29. The van der Waals surface area contributed by atoms with Gasteiger partial charge >= 0.3 is 6.09 Å². The number of methoxy groups -OCH3 is 1. The lowest BCUT2D eigenvalue weighted by atomic mass is 10.2. The summed E-state index contributed by atoms with van der Waals surface area (Å²) in [6, 6.07) is 10.0. The number of carbonyl (C=O) groups excluding carboxylic acids is 3. The number of nitrogens with one attached hydrogen (secondary N) is 3. The van der Waals surface area contributed by atoms with Gasteiger partial charge in [-0.25, -0.2) is 4.79 Å². The van der Waals surface area contributed by atoms with E-state index in [1.165, 1.54) is 18.9 Å². The highest BCUT2D eigenvalue weighted by atomic mass is 35.5. The van der Waals surface area contributed by atoms with Gasteiger partial charge in [0.25, 0.3) is 0 Å². The lowest BCUT2D eigenvalue weighted by Gasteiger charge is -2.24. The van der Waals surface area contributed by atoms with Gasteiger partial charge in [0.15, 0.2) is 0 Å². The zero-order valence-electron chi connectivity index (χ0n) is 18.1. The molecule has 2 aromatic carbocycles. The fourth-order valence-electron chi connectivity index (χ4n) is 2.93. The zero-order chi connectivity index (χ0) is 23.5. The van der Waals surface area contributed by atoms with Crippen LogP contribution in [0.2, 0.25) is 5.02 Å². The van der Waals surface area contributed by atoms with E-state index in [9.17, 15) is 14.4 Å². The number of carbonyl (C=O) groups is 3. The molecule has 1 aliphatic heterocycles. The van der Waals surface area contributed by atoms with Crippen LogP contribution in [0.25, 0.3) is 0 Å². The Bertz CT molecular complexity index is 1050. The number of halogens is 1. The molecule has 8 nitrogen and oxygen atoms in total. The van der Waals surface area contributed by atoms with Crippen LogP contribution in [-0.2, 0) is 14.3 Å². The fourth-order valence-corrected chi connectivity index (χ4v) is 4.20. The molecule has 1 unspecified atom stereocenters. The number of amides is 3. The summed E-state index contributed by atoms with van der Waals surface area (Å²) in [6.07, 6.45) is -0.673. The number of benzene rings is 2. The van der Waals surface area contributed by atoms with Crippen LogP contribution in [0.1, 0.15) is 27.2 Å². The average Bonchev–Trinajstić information content (AvgIpc) is 2.67. The van der Waals surface area contributed by atoms with E-state index in [0.717, 1.165) is 4.90 Å². The van der Waals surface area contributed by atoms with E-state index in [1.807, 2.05) is 6.07 Å². The molecular formula is C22H24ClN3O5S. The molecule has 1 heterocycles. The molecule has 32 heavy (non-hydrogen) atoms. The van der Waals surface area contributed by atoms with E-state index in [0.29, 0.717) is 27.8 Å². The number of hydrogen-bond acceptors (Lipinski definition) is 6. The maximum Gasteiger partial charge on any atom is 0.412 e. The molecule has 3 rings (SSSR count). The van der Waals surface area contributed by atoms with Crippen molar-refractivity contribution in [2.45, 2.75) is 42.9 Å². The zero-order valence-corrected chi connectivity index (χ0v) is 19.6. The third-order valence-corrected chi connectivity index (χ3v) is 5.76. The first kappa shape index (κ1) is 23.7. The second kappa shape index (κ2) is 9.70. The summed E-state index contributed by atoms with van der Waals surface area (Å²) in [5.41, 5.74) is 0.758. The van der Waals surface area contributed by atoms with Gasteiger partial charge in [0.2, 0.25) is 11.8 Å². The molecule has 10 heteroatoms. The Hall–Kier alpha value is -2.91. The first-order chi connectivity index (χ1) is 15.0. The molecular weight excluding hydrogens is 454 g/mol. The average molecular weight is 478 g/mol. The number of hydrogen-bond donors (Lipinski definition) is 3. The minimum Gasteiger partial charge on any atom is -0.495 e. The Kier molecular flexibility index (Phi) is 7.20. The van der Waals surface area contributed by atoms with Crippen molar-refractivity contribution in [2.75, 3.05) is 23.1 Å². The molecule has 0 radical (unpaired) electrons. The van der Waals surface area contributed by atoms with E-state index in [-0.39, 0.29) is 18.2 Å². The van der Waals surface area contributed by atoms with Crippen LogP contribution in [0, 0.1) is 0 Å². The van der Waals surface area contributed by atoms with Gasteiger partial charge in [0, 0.05) is 22.0 Å². The molecule has 0 aromatic heterocycles. The number of thioether (sulfide) groups is 1. The van der Waals surface area contributed by atoms with E-state index >= 15 is 0 Å². The van der Waals surface area contributed by atoms with E-state index in [1.54, 1.807) is 51.1 Å². The first-order valence-electron chi connectivity index (χ1n) is 9.79. The molecule has 0 bridgehead atoms. The Labute approximate surface area is 195 Å². The lowest BCUT2D eigenvalue weighted by molar-refractivity contribution is -0.120. The Morgan fingerprint density at radius 2 is 1.91 bits per heavy atom. The molecule has 1 atom stereocenters. The number of rotatable bonds is 5. The Morgan fingerprint density at radius 1 is 1.16 bits per heavy atom. The van der Waals surface area contributed by atoms with Crippen LogP contribution in [0.4, 0.5) is 21.9 Å². The van der Waals surface area contributed by atoms with Crippen LogP contribution < -0.4 is 20.7 Å². The highest BCUT2D eigenvalue weighted by molar-refractivity contribution is 8.01. The van der Waals surface area contributed by atoms with Crippen LogP contribution in [0.3, 0.4) is 0 Å². The van der Waals surface area contributed by atoms with Crippen LogP contribution in [-0.4, -0.2) is 35.9 Å². The molecule has 0 aliphatic carbocycles. The van der Waals surface area contributed by atoms with Crippen molar-refractivity contribution in [3.63, 3.8) is 0 Å². The summed E-state index contributed by atoms with van der Waals surface area (Å²) in [7, 11) is 1.47. The fraction of sp³-hybridized carbons (Fsp3) is 0.318. The van der Waals surface area contributed by atoms with Crippen molar-refractivity contribution in [1.29, 1.82) is 0 Å². The largest absolute Gasteiger partial charge is 0.495 e. The molecule has 2 aromatic rings. The Morgan fingerprint density at radius 3 is 2.59 bits per heavy atom. The van der Waals surface area contributed by atoms with Gasteiger partial charge in [-0.1, -0.05) is 11.6 Å². The van der Waals surface area contributed by atoms with E-state index in [2.05, 4.69) is 16.0 Å². The van der Waals surface area contributed by atoms with Crippen molar-refractivity contribution in [3.05, 3.63) is 41.4 Å². The molecule has 3 amide bonds. The van der Waals surface area contributed by atoms with Gasteiger partial charge in [-0.2, -0.15) is 0 Å². The third kappa shape index (κ3) is 6.30. The molecule has 170 valence electrons. The van der Waals surface area contributed by atoms with Gasteiger partial charge < -0.3 is 20.1 Å². The lowest BCUT2D eigenvalue weighted by Crippen LogP contribution is -2.32. The second-order valence-electron chi connectivity index (χ2n) is 8.03. The summed E-state index contributed by atoms with van der Waals surface area (Å²) < 4.78 is 10.5. The summed E-state index contributed by atoms with van der Waals surface area (Å²) in [6.45, 7) is 5.27. The van der Waals surface area contributed by atoms with Crippen LogP contribution in [0.5, 0.6) is 5.75 Å². The van der Waals surface area contributed by atoms with E-state index in [4.69, 9.17) is 21.1 Å². The summed E-state index contributed by atoms with van der Waals surface area (Å²) >= 11 is 7.28. The monoisotopic (exact) mass is 477 g/mol. The van der Waals surface area contributed by atoms with Crippen LogP contribution >= 0.6 is 23.4 Å². The van der Waals surface area contributed by atoms with Gasteiger partial charge in [0.1, 0.15) is 11.4 Å².